The number of allylic oxidation sites excluding steroid dienone is 3. The smallest absolute Gasteiger partial charge is 0.0727 e. The van der Waals surface area contributed by atoms with Crippen LogP contribution in [-0.2, 0) is 6.42 Å². The highest BCUT2D eigenvalue weighted by Gasteiger charge is 1.98. The monoisotopic (exact) mass is 202 g/mol. The Kier molecular flexibility index (Phi) is 5.49. The van der Waals surface area contributed by atoms with Gasteiger partial charge in [-0.05, 0) is 25.3 Å². The molecule has 0 bridgehead atoms. The zero-order chi connectivity index (χ0) is 10.9. The van der Waals surface area contributed by atoms with Gasteiger partial charge < -0.3 is 5.11 Å². The van der Waals surface area contributed by atoms with Crippen molar-refractivity contribution in [2.24, 2.45) is 0 Å². The Bertz CT molecular complexity index is 311. The van der Waals surface area contributed by atoms with Gasteiger partial charge in [-0.3, -0.25) is 0 Å². The summed E-state index contributed by atoms with van der Waals surface area (Å²) in [6, 6.07) is 10.2. The van der Waals surface area contributed by atoms with Gasteiger partial charge in [-0.1, -0.05) is 54.6 Å². The maximum absolute atomic E-state index is 9.62. The van der Waals surface area contributed by atoms with Gasteiger partial charge >= 0.3 is 0 Å². The fourth-order valence-corrected chi connectivity index (χ4v) is 1.36. The van der Waals surface area contributed by atoms with Crippen LogP contribution in [0.4, 0.5) is 0 Å². The van der Waals surface area contributed by atoms with E-state index in [0.717, 1.165) is 12.8 Å². The lowest BCUT2D eigenvalue weighted by Crippen LogP contribution is -2.03. The molecule has 0 aliphatic heterocycles. The normalized spacial score (nSPS) is 13.7. The number of hydrogen-bond donors (Lipinski definition) is 1. The van der Waals surface area contributed by atoms with Crippen LogP contribution < -0.4 is 0 Å². The van der Waals surface area contributed by atoms with E-state index in [1.54, 1.807) is 0 Å². The molecule has 1 heteroatoms. The Morgan fingerprint density at radius 3 is 2.60 bits per heavy atom. The molecule has 0 spiro atoms. The Labute approximate surface area is 91.8 Å². The topological polar surface area (TPSA) is 20.2 Å². The largest absolute Gasteiger partial charge is 0.389 e. The van der Waals surface area contributed by atoms with Gasteiger partial charge in [0.1, 0.15) is 0 Å². The van der Waals surface area contributed by atoms with Crippen LogP contribution in [0.15, 0.2) is 54.6 Å². The van der Waals surface area contributed by atoms with Crippen molar-refractivity contribution < 1.29 is 5.11 Å². The zero-order valence-corrected chi connectivity index (χ0v) is 9.13. The third kappa shape index (κ3) is 5.18. The molecular formula is C14H18O. The first kappa shape index (κ1) is 11.7. The summed E-state index contributed by atoms with van der Waals surface area (Å²) in [5, 5.41) is 9.62. The summed E-state index contributed by atoms with van der Waals surface area (Å²) >= 11 is 0. The van der Waals surface area contributed by atoms with E-state index < -0.39 is 0 Å². The third-order valence-corrected chi connectivity index (χ3v) is 2.21. The standard InChI is InChI=1S/C14H18O/c1-2-3-5-10-14(15)12-11-13-8-6-4-7-9-13/h2-10,14-15H,11-12H2,1H3/b3-2+,10-5+. The second-order valence-electron chi connectivity index (χ2n) is 3.50. The lowest BCUT2D eigenvalue weighted by molar-refractivity contribution is 0.213. The molecule has 1 nitrogen and oxygen atoms in total. The summed E-state index contributed by atoms with van der Waals surface area (Å²) in [5.41, 5.74) is 1.27. The molecule has 1 atom stereocenters. The second kappa shape index (κ2) is 7.02. The SMILES string of the molecule is C/C=C/C=C/C(O)CCc1ccccc1. The van der Waals surface area contributed by atoms with Crippen molar-refractivity contribution in [1.82, 2.24) is 0 Å². The molecular weight excluding hydrogens is 184 g/mol. The molecule has 1 aromatic carbocycles. The number of hydrogen-bond acceptors (Lipinski definition) is 1. The third-order valence-electron chi connectivity index (χ3n) is 2.21. The molecule has 0 heterocycles. The van der Waals surface area contributed by atoms with Crippen LogP contribution in [0, 0.1) is 0 Å². The van der Waals surface area contributed by atoms with E-state index >= 15 is 0 Å². The average molecular weight is 202 g/mol. The fourth-order valence-electron chi connectivity index (χ4n) is 1.36. The number of benzene rings is 1. The van der Waals surface area contributed by atoms with Crippen molar-refractivity contribution >= 4 is 0 Å². The quantitative estimate of drug-likeness (QED) is 0.727. The van der Waals surface area contributed by atoms with E-state index in [2.05, 4.69) is 12.1 Å². The first-order chi connectivity index (χ1) is 7.33. The molecule has 0 aliphatic rings. The van der Waals surface area contributed by atoms with Gasteiger partial charge in [-0.2, -0.15) is 0 Å². The molecule has 15 heavy (non-hydrogen) atoms. The predicted molar refractivity (Wildman–Crippen MR) is 64.7 cm³/mol. The molecule has 1 unspecified atom stereocenters. The van der Waals surface area contributed by atoms with Crippen LogP contribution in [0.5, 0.6) is 0 Å². The van der Waals surface area contributed by atoms with Crippen molar-refractivity contribution in [3.05, 3.63) is 60.2 Å². The van der Waals surface area contributed by atoms with Gasteiger partial charge in [-0.15, -0.1) is 0 Å². The average Bonchev–Trinajstić information content (AvgIpc) is 2.28. The van der Waals surface area contributed by atoms with Crippen molar-refractivity contribution in [1.29, 1.82) is 0 Å². The number of aliphatic hydroxyl groups is 1. The van der Waals surface area contributed by atoms with E-state index in [0.29, 0.717) is 0 Å². The first-order valence-corrected chi connectivity index (χ1v) is 5.34. The van der Waals surface area contributed by atoms with Gasteiger partial charge in [-0.25, -0.2) is 0 Å². The van der Waals surface area contributed by atoms with E-state index in [9.17, 15) is 5.11 Å². The number of aliphatic hydroxyl groups excluding tert-OH is 1. The zero-order valence-electron chi connectivity index (χ0n) is 9.13. The van der Waals surface area contributed by atoms with Crippen LogP contribution >= 0.6 is 0 Å². The summed E-state index contributed by atoms with van der Waals surface area (Å²) in [6.07, 6.45) is 8.92. The lowest BCUT2D eigenvalue weighted by Gasteiger charge is -2.04. The highest BCUT2D eigenvalue weighted by Crippen LogP contribution is 2.05. The Hall–Kier alpha value is -1.34. The van der Waals surface area contributed by atoms with Crippen LogP contribution in [0.25, 0.3) is 0 Å². The minimum absolute atomic E-state index is 0.346. The minimum atomic E-state index is -0.346. The van der Waals surface area contributed by atoms with Crippen LogP contribution in [0.2, 0.25) is 0 Å². The van der Waals surface area contributed by atoms with Crippen molar-refractivity contribution in [2.45, 2.75) is 25.9 Å². The van der Waals surface area contributed by atoms with E-state index in [1.165, 1.54) is 5.56 Å². The summed E-state index contributed by atoms with van der Waals surface area (Å²) < 4.78 is 0. The lowest BCUT2D eigenvalue weighted by atomic mass is 10.1. The van der Waals surface area contributed by atoms with Gasteiger partial charge in [0, 0.05) is 0 Å². The van der Waals surface area contributed by atoms with E-state index in [-0.39, 0.29) is 6.10 Å². The van der Waals surface area contributed by atoms with Gasteiger partial charge in [0.05, 0.1) is 6.10 Å². The Balaban J connectivity index is 2.31. The first-order valence-electron chi connectivity index (χ1n) is 5.34. The predicted octanol–water partition coefficient (Wildman–Crippen LogP) is 3.11. The molecule has 0 saturated carbocycles. The van der Waals surface area contributed by atoms with Crippen LogP contribution in [0.3, 0.4) is 0 Å². The second-order valence-corrected chi connectivity index (χ2v) is 3.50. The summed E-state index contributed by atoms with van der Waals surface area (Å²) in [6.45, 7) is 1.96. The van der Waals surface area contributed by atoms with Crippen molar-refractivity contribution in [2.75, 3.05) is 0 Å². The van der Waals surface area contributed by atoms with E-state index in [1.807, 2.05) is 49.4 Å². The van der Waals surface area contributed by atoms with Crippen molar-refractivity contribution in [3.63, 3.8) is 0 Å². The number of aryl methyl sites for hydroxylation is 1. The van der Waals surface area contributed by atoms with Gasteiger partial charge in [0.15, 0.2) is 0 Å². The maximum Gasteiger partial charge on any atom is 0.0727 e. The van der Waals surface area contributed by atoms with Crippen molar-refractivity contribution in [3.8, 4) is 0 Å². The fraction of sp³-hybridized carbons (Fsp3) is 0.286. The Morgan fingerprint density at radius 1 is 1.20 bits per heavy atom. The minimum Gasteiger partial charge on any atom is -0.389 e. The molecule has 0 aliphatic carbocycles. The molecule has 0 aromatic heterocycles. The van der Waals surface area contributed by atoms with Crippen LogP contribution in [-0.4, -0.2) is 11.2 Å². The summed E-state index contributed by atoms with van der Waals surface area (Å²) in [4.78, 5) is 0. The highest BCUT2D eigenvalue weighted by atomic mass is 16.3. The molecule has 0 saturated heterocycles. The molecule has 1 N–H and O–H groups in total. The maximum atomic E-state index is 9.62. The molecule has 0 fully saturated rings. The van der Waals surface area contributed by atoms with Gasteiger partial charge in [0.25, 0.3) is 0 Å². The van der Waals surface area contributed by atoms with Gasteiger partial charge in [0.2, 0.25) is 0 Å². The molecule has 0 amide bonds. The summed E-state index contributed by atoms with van der Waals surface area (Å²) in [5.74, 6) is 0. The number of rotatable bonds is 5. The highest BCUT2D eigenvalue weighted by molar-refractivity contribution is 5.15. The van der Waals surface area contributed by atoms with Crippen LogP contribution in [0.1, 0.15) is 18.9 Å². The molecule has 1 rings (SSSR count). The molecule has 0 radical (unpaired) electrons. The Morgan fingerprint density at radius 2 is 1.93 bits per heavy atom. The van der Waals surface area contributed by atoms with E-state index in [4.69, 9.17) is 0 Å². The molecule has 80 valence electrons. The summed E-state index contributed by atoms with van der Waals surface area (Å²) in [7, 11) is 0. The molecule has 1 aromatic rings.